The fraction of sp³-hybridized carbons (Fsp3) is 0.769. The lowest BCUT2D eigenvalue weighted by molar-refractivity contribution is -0.139. The van der Waals surface area contributed by atoms with Crippen molar-refractivity contribution in [1.82, 2.24) is 20.4 Å². The quantitative estimate of drug-likeness (QED) is 0.686. The molecule has 0 aromatic heterocycles. The van der Waals surface area contributed by atoms with E-state index in [0.717, 1.165) is 4.90 Å². The highest BCUT2D eigenvalue weighted by Gasteiger charge is 2.51. The highest BCUT2D eigenvalue weighted by Crippen LogP contribution is 2.26. The summed E-state index contributed by atoms with van der Waals surface area (Å²) in [7, 11) is 1.67. The van der Waals surface area contributed by atoms with Gasteiger partial charge in [-0.25, -0.2) is 4.79 Å². The maximum absolute atomic E-state index is 12.5. The van der Waals surface area contributed by atoms with Crippen LogP contribution in [0.25, 0.3) is 0 Å². The van der Waals surface area contributed by atoms with Crippen molar-refractivity contribution in [2.75, 3.05) is 26.7 Å². The number of hydrogen-bond donors (Lipinski definition) is 2. The smallest absolute Gasteiger partial charge is 0.325 e. The van der Waals surface area contributed by atoms with E-state index < -0.39 is 11.6 Å². The second kappa shape index (κ2) is 5.40. The fourth-order valence-corrected chi connectivity index (χ4v) is 2.55. The Morgan fingerprint density at radius 2 is 1.95 bits per heavy atom. The Bertz CT molecular complexity index is 429. The number of nitrogens with one attached hydrogen (secondary N) is 2. The van der Waals surface area contributed by atoms with Gasteiger partial charge in [0, 0.05) is 13.1 Å². The van der Waals surface area contributed by atoms with Crippen molar-refractivity contribution >= 4 is 17.8 Å². The molecule has 2 saturated heterocycles. The summed E-state index contributed by atoms with van der Waals surface area (Å²) in [6, 6.07) is -0.418. The zero-order chi connectivity index (χ0) is 14.9. The van der Waals surface area contributed by atoms with E-state index in [9.17, 15) is 14.4 Å². The van der Waals surface area contributed by atoms with Crippen LogP contribution in [0.5, 0.6) is 0 Å². The first kappa shape index (κ1) is 14.8. The lowest BCUT2D eigenvalue weighted by Gasteiger charge is -2.31. The largest absolute Gasteiger partial charge is 0.342 e. The number of rotatable bonds is 3. The number of carbonyl (C=O) groups is 3. The van der Waals surface area contributed by atoms with Gasteiger partial charge in [0.15, 0.2) is 0 Å². The van der Waals surface area contributed by atoms with Gasteiger partial charge in [0.2, 0.25) is 5.91 Å². The number of imide groups is 1. The van der Waals surface area contributed by atoms with Crippen LogP contribution >= 0.6 is 0 Å². The maximum atomic E-state index is 12.5. The summed E-state index contributed by atoms with van der Waals surface area (Å²) < 4.78 is 0. The third-order valence-corrected chi connectivity index (χ3v) is 4.16. The Morgan fingerprint density at radius 3 is 2.50 bits per heavy atom. The van der Waals surface area contributed by atoms with Crippen LogP contribution in [-0.4, -0.2) is 65.9 Å². The molecule has 0 bridgehead atoms. The number of carbonyl (C=O) groups excluding carboxylic acids is 3. The summed E-state index contributed by atoms with van der Waals surface area (Å²) in [5, 5.41) is 5.93. The molecular weight excluding hydrogens is 260 g/mol. The van der Waals surface area contributed by atoms with Crippen molar-refractivity contribution in [2.24, 2.45) is 0 Å². The van der Waals surface area contributed by atoms with Crippen molar-refractivity contribution in [2.45, 2.75) is 38.3 Å². The normalized spacial score (nSPS) is 21.5. The van der Waals surface area contributed by atoms with Crippen LogP contribution in [0.2, 0.25) is 0 Å². The molecular formula is C13H22N4O3. The second-order valence-corrected chi connectivity index (χ2v) is 5.75. The Morgan fingerprint density at radius 1 is 1.35 bits per heavy atom. The third kappa shape index (κ3) is 2.49. The lowest BCUT2D eigenvalue weighted by Crippen LogP contribution is -2.54. The van der Waals surface area contributed by atoms with E-state index in [1.165, 1.54) is 4.90 Å². The predicted octanol–water partition coefficient (Wildman–Crippen LogP) is -0.473. The van der Waals surface area contributed by atoms with E-state index in [1.807, 2.05) is 13.8 Å². The van der Waals surface area contributed by atoms with E-state index in [2.05, 4.69) is 10.6 Å². The molecule has 2 heterocycles. The van der Waals surface area contributed by atoms with Crippen molar-refractivity contribution in [3.8, 4) is 0 Å². The topological polar surface area (TPSA) is 81.8 Å². The molecule has 7 nitrogen and oxygen atoms in total. The van der Waals surface area contributed by atoms with Gasteiger partial charge in [0.05, 0.1) is 0 Å². The molecule has 20 heavy (non-hydrogen) atoms. The molecule has 1 spiro atoms. The highest BCUT2D eigenvalue weighted by molar-refractivity contribution is 6.09. The first-order valence-electron chi connectivity index (χ1n) is 6.98. The number of nitrogens with zero attached hydrogens (tertiary/aromatic N) is 2. The minimum atomic E-state index is -0.807. The molecule has 0 aliphatic carbocycles. The van der Waals surface area contributed by atoms with E-state index in [4.69, 9.17) is 0 Å². The van der Waals surface area contributed by atoms with Crippen LogP contribution in [-0.2, 0) is 9.59 Å². The first-order valence-corrected chi connectivity index (χ1v) is 6.98. The summed E-state index contributed by atoms with van der Waals surface area (Å²) in [5.74, 6) is -0.496. The average Bonchev–Trinajstić information content (AvgIpc) is 2.63. The highest BCUT2D eigenvalue weighted by atomic mass is 16.2. The zero-order valence-corrected chi connectivity index (χ0v) is 12.2. The maximum Gasteiger partial charge on any atom is 0.325 e. The van der Waals surface area contributed by atoms with Crippen LogP contribution in [0, 0.1) is 0 Å². The fourth-order valence-electron chi connectivity index (χ4n) is 2.55. The summed E-state index contributed by atoms with van der Waals surface area (Å²) in [5.41, 5.74) is -0.807. The van der Waals surface area contributed by atoms with Gasteiger partial charge in [-0.05, 0) is 39.8 Å². The molecule has 112 valence electrons. The average molecular weight is 282 g/mol. The summed E-state index contributed by atoms with van der Waals surface area (Å²) >= 11 is 0. The third-order valence-electron chi connectivity index (χ3n) is 4.16. The standard InChI is InChI=1S/C13H22N4O3/c1-9(2)16(3)10(18)8-17-11(19)13(15-12(17)20)4-6-14-7-5-13/h9,14H,4-8H2,1-3H3,(H,15,20). The van der Waals surface area contributed by atoms with E-state index in [-0.39, 0.29) is 24.4 Å². The summed E-state index contributed by atoms with van der Waals surface area (Å²) in [6.45, 7) is 4.98. The monoisotopic (exact) mass is 282 g/mol. The van der Waals surface area contributed by atoms with Gasteiger partial charge in [-0.1, -0.05) is 0 Å². The molecule has 0 atom stereocenters. The molecule has 0 unspecified atom stereocenters. The summed E-state index contributed by atoms with van der Waals surface area (Å²) in [6.07, 6.45) is 1.14. The van der Waals surface area contributed by atoms with E-state index in [1.54, 1.807) is 7.05 Å². The second-order valence-electron chi connectivity index (χ2n) is 5.75. The van der Waals surface area contributed by atoms with Crippen LogP contribution < -0.4 is 10.6 Å². The minimum Gasteiger partial charge on any atom is -0.342 e. The molecule has 2 N–H and O–H groups in total. The van der Waals surface area contributed by atoms with Gasteiger partial charge >= 0.3 is 6.03 Å². The van der Waals surface area contributed by atoms with E-state index in [0.29, 0.717) is 25.9 Å². The molecule has 0 saturated carbocycles. The molecule has 2 aliphatic heterocycles. The summed E-state index contributed by atoms with van der Waals surface area (Å²) in [4.78, 5) is 39.1. The van der Waals surface area contributed by atoms with Gasteiger partial charge in [-0.3, -0.25) is 14.5 Å². The van der Waals surface area contributed by atoms with Gasteiger partial charge in [-0.2, -0.15) is 0 Å². The molecule has 2 aliphatic rings. The Hall–Kier alpha value is -1.63. The molecule has 0 radical (unpaired) electrons. The van der Waals surface area contributed by atoms with Gasteiger partial charge < -0.3 is 15.5 Å². The van der Waals surface area contributed by atoms with E-state index >= 15 is 0 Å². The number of amides is 4. The van der Waals surface area contributed by atoms with Crippen LogP contribution in [0.1, 0.15) is 26.7 Å². The number of hydrogen-bond acceptors (Lipinski definition) is 4. The number of likely N-dealkylation sites (N-methyl/N-ethyl adjacent to an activating group) is 1. The first-order chi connectivity index (χ1) is 9.37. The van der Waals surface area contributed by atoms with Crippen LogP contribution in [0.4, 0.5) is 4.79 Å². The van der Waals surface area contributed by atoms with Crippen molar-refractivity contribution in [1.29, 1.82) is 0 Å². The Labute approximate surface area is 118 Å². The van der Waals surface area contributed by atoms with Gasteiger partial charge in [-0.15, -0.1) is 0 Å². The van der Waals surface area contributed by atoms with Gasteiger partial charge in [0.25, 0.3) is 5.91 Å². The van der Waals surface area contributed by atoms with Crippen LogP contribution in [0.15, 0.2) is 0 Å². The number of urea groups is 1. The lowest BCUT2D eigenvalue weighted by atomic mass is 9.88. The molecule has 4 amide bonds. The molecule has 2 rings (SSSR count). The van der Waals surface area contributed by atoms with Crippen LogP contribution in [0.3, 0.4) is 0 Å². The molecule has 2 fully saturated rings. The van der Waals surface area contributed by atoms with Crippen molar-refractivity contribution in [3.05, 3.63) is 0 Å². The molecule has 7 heteroatoms. The Kier molecular flexibility index (Phi) is 3.99. The molecule has 0 aromatic carbocycles. The SMILES string of the molecule is CC(C)N(C)C(=O)CN1C(=O)NC2(CCNCC2)C1=O. The zero-order valence-electron chi connectivity index (χ0n) is 12.2. The number of piperidine rings is 1. The van der Waals surface area contributed by atoms with Crippen molar-refractivity contribution in [3.63, 3.8) is 0 Å². The predicted molar refractivity (Wildman–Crippen MR) is 73.0 cm³/mol. The Balaban J connectivity index is 2.08. The van der Waals surface area contributed by atoms with Crippen molar-refractivity contribution < 1.29 is 14.4 Å². The van der Waals surface area contributed by atoms with Gasteiger partial charge in [0.1, 0.15) is 12.1 Å². The molecule has 0 aromatic rings. The minimum absolute atomic E-state index is 0.0381.